The number of benzene rings is 1. The first kappa shape index (κ1) is 23.0. The number of hydrogen-bond acceptors (Lipinski definition) is 4. The van der Waals surface area contributed by atoms with Gasteiger partial charge in [-0.3, -0.25) is 4.79 Å². The number of rotatable bonds is 5. The summed E-state index contributed by atoms with van der Waals surface area (Å²) >= 11 is 6.14. The Morgan fingerprint density at radius 1 is 1.36 bits per heavy atom. The molecule has 0 radical (unpaired) electrons. The third-order valence-electron chi connectivity index (χ3n) is 5.28. The van der Waals surface area contributed by atoms with E-state index in [1.165, 1.54) is 12.3 Å². The van der Waals surface area contributed by atoms with E-state index >= 15 is 4.39 Å². The highest BCUT2D eigenvalue weighted by Crippen LogP contribution is 2.36. The van der Waals surface area contributed by atoms with Gasteiger partial charge in [0.2, 0.25) is 0 Å². The fraction of sp³-hybridized carbons (Fsp3) is 0.571. The summed E-state index contributed by atoms with van der Waals surface area (Å²) in [4.78, 5) is 15.0. The highest BCUT2D eigenvalue weighted by Gasteiger charge is 2.35. The summed E-state index contributed by atoms with van der Waals surface area (Å²) in [5.41, 5.74) is 6.05. The molecule has 1 aromatic heterocycles. The smallest absolute Gasteiger partial charge is 0.166 e. The van der Waals surface area contributed by atoms with Gasteiger partial charge in [0.25, 0.3) is 0 Å². The second-order valence-corrected chi connectivity index (χ2v) is 9.30. The fourth-order valence-electron chi connectivity index (χ4n) is 3.84. The minimum atomic E-state index is -1.29. The van der Waals surface area contributed by atoms with Gasteiger partial charge in [0.05, 0.1) is 22.5 Å². The molecule has 1 aliphatic heterocycles. The van der Waals surface area contributed by atoms with Crippen LogP contribution in [-0.4, -0.2) is 36.0 Å². The largest absolute Gasteiger partial charge is 0.463 e. The molecular formula is C21H29Cl2FN2O2. The average Bonchev–Trinajstić information content (AvgIpc) is 3.07. The second-order valence-electron chi connectivity index (χ2n) is 8.89. The fourth-order valence-corrected chi connectivity index (χ4v) is 4.05. The zero-order valence-corrected chi connectivity index (χ0v) is 18.3. The Kier molecular flexibility index (Phi) is 7.06. The number of carbonyl (C=O) groups excluding carboxylic acids is 1. The number of halogens is 3. The third-order valence-corrected chi connectivity index (χ3v) is 5.59. The molecule has 1 fully saturated rings. The number of anilines is 1. The molecule has 156 valence electrons. The van der Waals surface area contributed by atoms with Crippen LogP contribution >= 0.6 is 24.0 Å². The van der Waals surface area contributed by atoms with E-state index in [-0.39, 0.29) is 36.4 Å². The molecule has 1 aromatic carbocycles. The maximum atomic E-state index is 15.2. The van der Waals surface area contributed by atoms with Crippen molar-refractivity contribution in [1.82, 2.24) is 4.90 Å². The van der Waals surface area contributed by atoms with Crippen molar-refractivity contribution in [3.8, 4) is 0 Å². The maximum absolute atomic E-state index is 15.2. The van der Waals surface area contributed by atoms with Crippen LogP contribution in [0.5, 0.6) is 0 Å². The molecule has 1 aliphatic rings. The van der Waals surface area contributed by atoms with Gasteiger partial charge >= 0.3 is 0 Å². The molecule has 7 heteroatoms. The highest BCUT2D eigenvalue weighted by atomic mass is 35.5. The zero-order valence-electron chi connectivity index (χ0n) is 16.7. The van der Waals surface area contributed by atoms with Gasteiger partial charge in [0, 0.05) is 31.4 Å². The molecule has 2 aromatic rings. The predicted octanol–water partition coefficient (Wildman–Crippen LogP) is 5.90. The van der Waals surface area contributed by atoms with Gasteiger partial charge in [0.15, 0.2) is 5.78 Å². The van der Waals surface area contributed by atoms with Gasteiger partial charge in [-0.15, -0.1) is 12.4 Å². The third kappa shape index (κ3) is 5.19. The number of ketones is 1. The number of Topliss-reactive ketones (excluding diaryl/α,β-unsaturated/α-hetero) is 1. The van der Waals surface area contributed by atoms with E-state index in [4.69, 9.17) is 21.8 Å². The lowest BCUT2D eigenvalue weighted by molar-refractivity contribution is 0.0357. The van der Waals surface area contributed by atoms with Crippen molar-refractivity contribution < 1.29 is 13.6 Å². The molecule has 0 atom stereocenters. The second kappa shape index (κ2) is 8.60. The standard InChI is InChI=1S/C21H28ClFN2O2.ClH/c1-20(2,3)13-25-9-7-21(23,8-10-25)6-4-17(26)15-12-16(22)18(24)14-5-11-27-19(14)15;/h5,11-12H,4,6-10,13,24H2,1-3H3;1H. The number of furan rings is 1. The molecule has 0 saturated carbocycles. The minimum Gasteiger partial charge on any atom is -0.463 e. The summed E-state index contributed by atoms with van der Waals surface area (Å²) in [6, 6.07) is 3.22. The summed E-state index contributed by atoms with van der Waals surface area (Å²) in [5.74, 6) is -0.161. The van der Waals surface area contributed by atoms with Gasteiger partial charge < -0.3 is 15.1 Å². The van der Waals surface area contributed by atoms with E-state index in [0.29, 0.717) is 40.1 Å². The quantitative estimate of drug-likeness (QED) is 0.473. The number of nitrogens with zero attached hydrogens (tertiary/aromatic N) is 1. The van der Waals surface area contributed by atoms with Gasteiger partial charge in [-0.05, 0) is 36.8 Å². The number of nitrogens with two attached hydrogens (primary N) is 1. The number of carbonyl (C=O) groups is 1. The Hall–Kier alpha value is -1.30. The zero-order chi connectivity index (χ0) is 19.8. The lowest BCUT2D eigenvalue weighted by Gasteiger charge is -2.39. The Morgan fingerprint density at radius 3 is 2.61 bits per heavy atom. The van der Waals surface area contributed by atoms with Crippen LogP contribution in [0.15, 0.2) is 22.8 Å². The molecule has 0 spiro atoms. The predicted molar refractivity (Wildman–Crippen MR) is 115 cm³/mol. The van der Waals surface area contributed by atoms with Crippen LogP contribution in [0.25, 0.3) is 11.0 Å². The number of fused-ring (bicyclic) bond motifs is 1. The van der Waals surface area contributed by atoms with Crippen LogP contribution in [0.3, 0.4) is 0 Å². The summed E-state index contributed by atoms with van der Waals surface area (Å²) in [7, 11) is 0. The van der Waals surface area contributed by atoms with E-state index in [9.17, 15) is 4.79 Å². The number of alkyl halides is 1. The minimum absolute atomic E-state index is 0. The summed E-state index contributed by atoms with van der Waals surface area (Å²) in [6.07, 6.45) is 2.77. The van der Waals surface area contributed by atoms with Crippen molar-refractivity contribution in [1.29, 1.82) is 0 Å². The van der Waals surface area contributed by atoms with Gasteiger partial charge in [0.1, 0.15) is 11.3 Å². The molecule has 2 heterocycles. The number of nitrogen functional groups attached to an aromatic ring is 1. The van der Waals surface area contributed by atoms with Crippen molar-refractivity contribution in [2.75, 3.05) is 25.4 Å². The topological polar surface area (TPSA) is 59.5 Å². The van der Waals surface area contributed by atoms with E-state index in [2.05, 4.69) is 25.7 Å². The first-order chi connectivity index (χ1) is 12.6. The number of likely N-dealkylation sites (tertiary alicyclic amines) is 1. The van der Waals surface area contributed by atoms with Gasteiger partial charge in [-0.2, -0.15) is 0 Å². The Morgan fingerprint density at radius 2 is 2.00 bits per heavy atom. The SMILES string of the molecule is CC(C)(C)CN1CCC(F)(CCC(=O)c2cc(Cl)c(N)c3ccoc23)CC1.Cl. The van der Waals surface area contributed by atoms with Crippen molar-refractivity contribution in [3.05, 3.63) is 29.0 Å². The normalized spacial score (nSPS) is 17.5. The molecule has 2 N–H and O–H groups in total. The molecule has 1 saturated heterocycles. The van der Waals surface area contributed by atoms with Gasteiger partial charge in [-0.1, -0.05) is 32.4 Å². The maximum Gasteiger partial charge on any atom is 0.166 e. The van der Waals surface area contributed by atoms with Crippen LogP contribution in [0.1, 0.15) is 56.8 Å². The number of hydrogen-bond donors (Lipinski definition) is 1. The molecule has 0 bridgehead atoms. The van der Waals surface area contributed by atoms with Crippen molar-refractivity contribution in [2.24, 2.45) is 5.41 Å². The van der Waals surface area contributed by atoms with Crippen molar-refractivity contribution >= 4 is 46.4 Å². The number of piperidine rings is 1. The first-order valence-corrected chi connectivity index (χ1v) is 9.85. The van der Waals surface area contributed by atoms with Crippen molar-refractivity contribution in [2.45, 2.75) is 52.1 Å². The summed E-state index contributed by atoms with van der Waals surface area (Å²) < 4.78 is 20.6. The average molecular weight is 431 g/mol. The summed E-state index contributed by atoms with van der Waals surface area (Å²) in [5, 5.41) is 0.939. The molecule has 0 aliphatic carbocycles. The van der Waals surface area contributed by atoms with E-state index in [1.54, 1.807) is 6.07 Å². The van der Waals surface area contributed by atoms with Gasteiger partial charge in [-0.25, -0.2) is 4.39 Å². The molecule has 0 unspecified atom stereocenters. The Balaban J connectivity index is 0.00000280. The lowest BCUT2D eigenvalue weighted by Crippen LogP contribution is -2.44. The molecule has 0 amide bonds. The Bertz CT molecular complexity index is 837. The first-order valence-electron chi connectivity index (χ1n) is 9.48. The van der Waals surface area contributed by atoms with Crippen LogP contribution in [0.2, 0.25) is 5.02 Å². The van der Waals surface area contributed by atoms with E-state index < -0.39 is 5.67 Å². The highest BCUT2D eigenvalue weighted by molar-refractivity contribution is 6.35. The van der Waals surface area contributed by atoms with Crippen LogP contribution in [0.4, 0.5) is 10.1 Å². The molecular weight excluding hydrogens is 402 g/mol. The summed E-state index contributed by atoms with van der Waals surface area (Å²) in [6.45, 7) is 9.00. The molecule has 28 heavy (non-hydrogen) atoms. The van der Waals surface area contributed by atoms with E-state index in [0.717, 1.165) is 19.6 Å². The Labute approximate surface area is 177 Å². The van der Waals surface area contributed by atoms with Crippen LogP contribution in [0, 0.1) is 5.41 Å². The van der Waals surface area contributed by atoms with Crippen LogP contribution < -0.4 is 5.73 Å². The molecule has 3 rings (SSSR count). The monoisotopic (exact) mass is 430 g/mol. The van der Waals surface area contributed by atoms with Crippen LogP contribution in [-0.2, 0) is 0 Å². The lowest BCUT2D eigenvalue weighted by atomic mass is 9.86. The molecule has 4 nitrogen and oxygen atoms in total. The van der Waals surface area contributed by atoms with E-state index in [1.807, 2.05) is 0 Å². The van der Waals surface area contributed by atoms with Crippen molar-refractivity contribution in [3.63, 3.8) is 0 Å².